The van der Waals surface area contributed by atoms with Gasteiger partial charge in [0.25, 0.3) is 0 Å². The van der Waals surface area contributed by atoms with Crippen LogP contribution in [0, 0.1) is 0 Å². The molecule has 1 aromatic carbocycles. The average molecular weight is 287 g/mol. The van der Waals surface area contributed by atoms with Gasteiger partial charge >= 0.3 is 6.18 Å². The van der Waals surface area contributed by atoms with E-state index in [-0.39, 0.29) is 19.1 Å². The molecule has 0 heterocycles. The highest BCUT2D eigenvalue weighted by atomic mass is 19.4. The summed E-state index contributed by atoms with van der Waals surface area (Å²) in [5.41, 5.74) is 1.01. The van der Waals surface area contributed by atoms with Gasteiger partial charge in [-0.1, -0.05) is 30.3 Å². The van der Waals surface area contributed by atoms with Crippen LogP contribution in [0.2, 0.25) is 0 Å². The molecule has 1 aliphatic carbocycles. The summed E-state index contributed by atoms with van der Waals surface area (Å²) in [4.78, 5) is 0. The SMILES string of the molecule is FC(F)(F)CCCOC(CNC1CC1)c1ccccc1. The second-order valence-corrected chi connectivity index (χ2v) is 5.17. The summed E-state index contributed by atoms with van der Waals surface area (Å²) in [5, 5.41) is 3.37. The topological polar surface area (TPSA) is 21.3 Å². The molecule has 0 aromatic heterocycles. The zero-order chi connectivity index (χ0) is 14.4. The monoisotopic (exact) mass is 287 g/mol. The summed E-state index contributed by atoms with van der Waals surface area (Å²) in [5.74, 6) is 0. The lowest BCUT2D eigenvalue weighted by Gasteiger charge is -2.19. The minimum Gasteiger partial charge on any atom is -0.372 e. The molecule has 20 heavy (non-hydrogen) atoms. The lowest BCUT2D eigenvalue weighted by Crippen LogP contribution is -2.25. The molecule has 1 N–H and O–H groups in total. The van der Waals surface area contributed by atoms with Crippen LogP contribution < -0.4 is 5.32 Å². The molecule has 0 aliphatic heterocycles. The van der Waals surface area contributed by atoms with E-state index >= 15 is 0 Å². The van der Waals surface area contributed by atoms with Crippen molar-refractivity contribution >= 4 is 0 Å². The van der Waals surface area contributed by atoms with Crippen LogP contribution in [0.25, 0.3) is 0 Å². The summed E-state index contributed by atoms with van der Waals surface area (Å²) in [6.07, 6.45) is -2.70. The normalized spacial score (nSPS) is 17.1. The van der Waals surface area contributed by atoms with Crippen molar-refractivity contribution < 1.29 is 17.9 Å². The minimum absolute atomic E-state index is 0.0102. The van der Waals surface area contributed by atoms with E-state index in [1.807, 2.05) is 30.3 Å². The Hall–Kier alpha value is -1.07. The van der Waals surface area contributed by atoms with E-state index in [9.17, 15) is 13.2 Å². The quantitative estimate of drug-likeness (QED) is 0.734. The predicted octanol–water partition coefficient (Wildman–Crippen LogP) is 3.84. The maximum Gasteiger partial charge on any atom is 0.389 e. The Kier molecular flexibility index (Phi) is 5.43. The van der Waals surface area contributed by atoms with Gasteiger partial charge in [-0.05, 0) is 24.8 Å². The van der Waals surface area contributed by atoms with Crippen LogP contribution >= 0.6 is 0 Å². The third-order valence-electron chi connectivity index (χ3n) is 3.26. The van der Waals surface area contributed by atoms with E-state index in [4.69, 9.17) is 4.74 Å². The van der Waals surface area contributed by atoms with E-state index in [0.29, 0.717) is 12.6 Å². The van der Waals surface area contributed by atoms with E-state index in [1.54, 1.807) is 0 Å². The zero-order valence-corrected chi connectivity index (χ0v) is 11.3. The van der Waals surface area contributed by atoms with Gasteiger partial charge in [-0.3, -0.25) is 0 Å². The molecule has 0 amide bonds. The van der Waals surface area contributed by atoms with Gasteiger partial charge in [-0.25, -0.2) is 0 Å². The van der Waals surface area contributed by atoms with Crippen molar-refractivity contribution in [3.63, 3.8) is 0 Å². The van der Waals surface area contributed by atoms with Gasteiger partial charge in [0.05, 0.1) is 6.10 Å². The summed E-state index contributed by atoms with van der Waals surface area (Å²) in [7, 11) is 0. The number of halogens is 3. The van der Waals surface area contributed by atoms with Crippen LogP contribution in [0.5, 0.6) is 0 Å². The molecule has 1 aliphatic rings. The first-order chi connectivity index (χ1) is 9.54. The number of benzene rings is 1. The lowest BCUT2D eigenvalue weighted by atomic mass is 10.1. The van der Waals surface area contributed by atoms with Crippen molar-refractivity contribution in [2.24, 2.45) is 0 Å². The summed E-state index contributed by atoms with van der Waals surface area (Å²) < 4.78 is 41.9. The number of hydrogen-bond donors (Lipinski definition) is 1. The Balaban J connectivity index is 1.79. The molecule has 1 saturated carbocycles. The van der Waals surface area contributed by atoms with Gasteiger partial charge < -0.3 is 10.1 Å². The van der Waals surface area contributed by atoms with Gasteiger partial charge in [0.2, 0.25) is 0 Å². The fourth-order valence-electron chi connectivity index (χ4n) is 2.00. The Labute approximate surface area is 117 Å². The highest BCUT2D eigenvalue weighted by molar-refractivity contribution is 5.18. The van der Waals surface area contributed by atoms with E-state index in [0.717, 1.165) is 5.56 Å². The molecule has 0 bridgehead atoms. The van der Waals surface area contributed by atoms with Gasteiger partial charge in [-0.2, -0.15) is 13.2 Å². The van der Waals surface area contributed by atoms with Crippen LogP contribution in [-0.2, 0) is 4.74 Å². The van der Waals surface area contributed by atoms with Gasteiger partial charge in [-0.15, -0.1) is 0 Å². The van der Waals surface area contributed by atoms with E-state index in [2.05, 4.69) is 5.32 Å². The van der Waals surface area contributed by atoms with Crippen LogP contribution in [0.3, 0.4) is 0 Å². The van der Waals surface area contributed by atoms with Crippen molar-refractivity contribution in [1.82, 2.24) is 5.32 Å². The summed E-state index contributed by atoms with van der Waals surface area (Å²) in [6.45, 7) is 0.784. The molecule has 2 rings (SSSR count). The Morgan fingerprint density at radius 3 is 2.50 bits per heavy atom. The molecule has 112 valence electrons. The minimum atomic E-state index is -4.10. The van der Waals surface area contributed by atoms with Crippen molar-refractivity contribution in [3.8, 4) is 0 Å². The highest BCUT2D eigenvalue weighted by Crippen LogP contribution is 2.24. The first-order valence-corrected chi connectivity index (χ1v) is 7.01. The second kappa shape index (κ2) is 7.09. The lowest BCUT2D eigenvalue weighted by molar-refractivity contribution is -0.138. The van der Waals surface area contributed by atoms with Gasteiger partial charge in [0.15, 0.2) is 0 Å². The first-order valence-electron chi connectivity index (χ1n) is 7.01. The average Bonchev–Trinajstić information content (AvgIpc) is 3.22. The number of hydrogen-bond acceptors (Lipinski definition) is 2. The zero-order valence-electron chi connectivity index (χ0n) is 11.3. The maximum atomic E-state index is 12.1. The number of alkyl halides is 3. The Morgan fingerprint density at radius 1 is 1.20 bits per heavy atom. The van der Waals surface area contributed by atoms with Gasteiger partial charge in [0, 0.05) is 25.6 Å². The van der Waals surface area contributed by atoms with Crippen molar-refractivity contribution in [1.29, 1.82) is 0 Å². The molecule has 2 nitrogen and oxygen atoms in total. The van der Waals surface area contributed by atoms with Crippen LogP contribution in [0.4, 0.5) is 13.2 Å². The standard InChI is InChI=1S/C15H20F3NO/c16-15(17,18)9-4-10-20-14(11-19-13-7-8-13)12-5-2-1-3-6-12/h1-3,5-6,13-14,19H,4,7-11H2. The largest absolute Gasteiger partial charge is 0.389 e. The van der Waals surface area contributed by atoms with Crippen molar-refractivity contribution in [3.05, 3.63) is 35.9 Å². The smallest absolute Gasteiger partial charge is 0.372 e. The van der Waals surface area contributed by atoms with Crippen molar-refractivity contribution in [2.75, 3.05) is 13.2 Å². The number of nitrogens with one attached hydrogen (secondary N) is 1. The molecule has 0 spiro atoms. The fourth-order valence-corrected chi connectivity index (χ4v) is 2.00. The maximum absolute atomic E-state index is 12.1. The van der Waals surface area contributed by atoms with Crippen LogP contribution in [-0.4, -0.2) is 25.4 Å². The molecule has 5 heteroatoms. The third-order valence-corrected chi connectivity index (χ3v) is 3.26. The molecule has 1 fully saturated rings. The third kappa shape index (κ3) is 5.92. The molecule has 1 atom stereocenters. The summed E-state index contributed by atoms with van der Waals surface area (Å²) >= 11 is 0. The van der Waals surface area contributed by atoms with E-state index < -0.39 is 12.6 Å². The van der Waals surface area contributed by atoms with E-state index in [1.165, 1.54) is 12.8 Å². The summed E-state index contributed by atoms with van der Waals surface area (Å²) in [6, 6.07) is 10.2. The number of ether oxygens (including phenoxy) is 1. The predicted molar refractivity (Wildman–Crippen MR) is 71.4 cm³/mol. The molecule has 0 radical (unpaired) electrons. The molecule has 0 saturated heterocycles. The number of rotatable bonds is 8. The van der Waals surface area contributed by atoms with Crippen LogP contribution in [0.1, 0.15) is 37.4 Å². The molecular weight excluding hydrogens is 267 g/mol. The molecule has 1 unspecified atom stereocenters. The van der Waals surface area contributed by atoms with Crippen molar-refractivity contribution in [2.45, 2.75) is 44.0 Å². The van der Waals surface area contributed by atoms with Gasteiger partial charge in [0.1, 0.15) is 0 Å². The Morgan fingerprint density at radius 2 is 1.90 bits per heavy atom. The highest BCUT2D eigenvalue weighted by Gasteiger charge is 2.26. The first kappa shape index (κ1) is 15.3. The Bertz CT molecular complexity index is 390. The molecule has 1 aromatic rings. The van der Waals surface area contributed by atoms with Crippen LogP contribution in [0.15, 0.2) is 30.3 Å². The second-order valence-electron chi connectivity index (χ2n) is 5.17. The fraction of sp³-hybridized carbons (Fsp3) is 0.600. The molecular formula is C15H20F3NO.